The summed E-state index contributed by atoms with van der Waals surface area (Å²) < 4.78 is 5.42. The van der Waals surface area contributed by atoms with E-state index in [1.165, 1.54) is 24.1 Å². The van der Waals surface area contributed by atoms with Crippen molar-refractivity contribution in [3.8, 4) is 0 Å². The fourth-order valence-electron chi connectivity index (χ4n) is 3.86. The Balaban J connectivity index is 1.79. The van der Waals surface area contributed by atoms with E-state index in [0.29, 0.717) is 19.1 Å². The molecule has 0 unspecified atom stereocenters. The highest BCUT2D eigenvalue weighted by Crippen LogP contribution is 2.31. The number of benzene rings is 1. The van der Waals surface area contributed by atoms with Gasteiger partial charge in [0.05, 0.1) is 6.61 Å². The summed E-state index contributed by atoms with van der Waals surface area (Å²) in [5.74, 6) is 0.234. The molecular formula is C19H29N3O2. The van der Waals surface area contributed by atoms with Crippen LogP contribution in [-0.2, 0) is 16.1 Å². The van der Waals surface area contributed by atoms with Gasteiger partial charge in [-0.2, -0.15) is 0 Å². The number of rotatable bonds is 5. The Labute approximate surface area is 145 Å². The smallest absolute Gasteiger partial charge is 0.227 e. The van der Waals surface area contributed by atoms with Crippen molar-refractivity contribution in [3.63, 3.8) is 0 Å². The second kappa shape index (κ2) is 7.53. The quantitative estimate of drug-likeness (QED) is 0.830. The molecule has 0 N–H and O–H groups in total. The number of nitrogens with zero attached hydrogens (tertiary/aromatic N) is 3. The van der Waals surface area contributed by atoms with Gasteiger partial charge in [-0.25, -0.2) is 0 Å². The van der Waals surface area contributed by atoms with E-state index in [1.54, 1.807) is 7.11 Å². The van der Waals surface area contributed by atoms with Crippen LogP contribution in [-0.4, -0.2) is 57.7 Å². The molecule has 5 heteroatoms. The molecule has 132 valence electrons. The van der Waals surface area contributed by atoms with Crippen LogP contribution in [0.2, 0.25) is 0 Å². The van der Waals surface area contributed by atoms with Gasteiger partial charge in [-0.1, -0.05) is 0 Å². The highest BCUT2D eigenvalue weighted by Gasteiger charge is 2.25. The normalized spacial score (nSPS) is 19.6. The molecule has 0 aliphatic carbocycles. The molecule has 1 aromatic carbocycles. The molecule has 2 saturated heterocycles. The van der Waals surface area contributed by atoms with Gasteiger partial charge in [0.25, 0.3) is 0 Å². The molecule has 3 rings (SSSR count). The molecule has 0 bridgehead atoms. The largest absolute Gasteiger partial charge is 0.380 e. The number of hydrogen-bond acceptors (Lipinski definition) is 4. The zero-order chi connectivity index (χ0) is 17.1. The number of amides is 1. The fraction of sp³-hybridized carbons (Fsp3) is 0.632. The lowest BCUT2D eigenvalue weighted by molar-refractivity contribution is -0.117. The first kappa shape index (κ1) is 17.2. The van der Waals surface area contributed by atoms with Crippen LogP contribution in [0.1, 0.15) is 31.2 Å². The molecule has 2 aliphatic rings. The molecule has 1 amide bonds. The average Bonchev–Trinajstić information content (AvgIpc) is 3.01. The Morgan fingerprint density at radius 2 is 1.96 bits per heavy atom. The van der Waals surface area contributed by atoms with Crippen LogP contribution in [0.5, 0.6) is 0 Å². The lowest BCUT2D eigenvalue weighted by Gasteiger charge is -2.37. The van der Waals surface area contributed by atoms with Crippen LogP contribution in [0.3, 0.4) is 0 Å². The zero-order valence-electron chi connectivity index (χ0n) is 15.1. The van der Waals surface area contributed by atoms with Gasteiger partial charge in [-0.05, 0) is 51.6 Å². The number of ether oxygens (including phenoxy) is 1. The Kier molecular flexibility index (Phi) is 5.41. The molecule has 2 aliphatic heterocycles. The second-order valence-corrected chi connectivity index (χ2v) is 7.08. The summed E-state index contributed by atoms with van der Waals surface area (Å²) in [6.45, 7) is 3.56. The molecule has 0 aromatic heterocycles. The van der Waals surface area contributed by atoms with Crippen molar-refractivity contribution in [1.82, 2.24) is 4.90 Å². The molecule has 0 atom stereocenters. The Hall–Kier alpha value is -1.59. The summed E-state index contributed by atoms with van der Waals surface area (Å²) in [5, 5.41) is 0. The van der Waals surface area contributed by atoms with E-state index in [9.17, 15) is 4.79 Å². The zero-order valence-corrected chi connectivity index (χ0v) is 15.1. The minimum absolute atomic E-state index is 0.234. The van der Waals surface area contributed by atoms with Crippen molar-refractivity contribution in [1.29, 1.82) is 0 Å². The summed E-state index contributed by atoms with van der Waals surface area (Å²) in [7, 11) is 6.06. The third-order valence-corrected chi connectivity index (χ3v) is 5.28. The van der Waals surface area contributed by atoms with Crippen LogP contribution in [0, 0.1) is 0 Å². The molecule has 5 nitrogen and oxygen atoms in total. The van der Waals surface area contributed by atoms with Gasteiger partial charge < -0.3 is 19.4 Å². The van der Waals surface area contributed by atoms with E-state index in [-0.39, 0.29) is 5.91 Å². The highest BCUT2D eigenvalue weighted by molar-refractivity contribution is 5.95. The number of methoxy groups -OCH3 is 1. The number of carbonyl (C=O) groups excluding carboxylic acids is 1. The SMILES string of the molecule is COCc1cc(N2CCCC2=O)ccc1N1CCC(N(C)C)CC1. The van der Waals surface area contributed by atoms with E-state index in [4.69, 9.17) is 4.74 Å². The lowest BCUT2D eigenvalue weighted by atomic mass is 10.0. The van der Waals surface area contributed by atoms with Crippen LogP contribution in [0.15, 0.2) is 18.2 Å². The van der Waals surface area contributed by atoms with Crippen molar-refractivity contribution >= 4 is 17.3 Å². The van der Waals surface area contributed by atoms with Crippen LogP contribution >= 0.6 is 0 Å². The van der Waals surface area contributed by atoms with Crippen LogP contribution < -0.4 is 9.80 Å². The fourth-order valence-corrected chi connectivity index (χ4v) is 3.86. The van der Waals surface area contributed by atoms with E-state index in [2.05, 4.69) is 42.1 Å². The first-order chi connectivity index (χ1) is 11.6. The van der Waals surface area contributed by atoms with Gasteiger partial charge in [0.15, 0.2) is 0 Å². The summed E-state index contributed by atoms with van der Waals surface area (Å²) in [6, 6.07) is 7.08. The lowest BCUT2D eigenvalue weighted by Crippen LogP contribution is -2.42. The molecular weight excluding hydrogens is 302 g/mol. The molecule has 0 saturated carbocycles. The van der Waals surface area contributed by atoms with Gasteiger partial charge in [0.1, 0.15) is 0 Å². The van der Waals surface area contributed by atoms with Crippen molar-refractivity contribution in [3.05, 3.63) is 23.8 Å². The third-order valence-electron chi connectivity index (χ3n) is 5.28. The Bertz CT molecular complexity index is 580. The predicted molar refractivity (Wildman–Crippen MR) is 97.7 cm³/mol. The van der Waals surface area contributed by atoms with E-state index in [1.807, 2.05) is 4.90 Å². The highest BCUT2D eigenvalue weighted by atomic mass is 16.5. The van der Waals surface area contributed by atoms with Gasteiger partial charge in [0, 0.05) is 56.1 Å². The first-order valence-corrected chi connectivity index (χ1v) is 8.93. The maximum atomic E-state index is 12.0. The molecule has 0 radical (unpaired) electrons. The Morgan fingerprint density at radius 1 is 1.21 bits per heavy atom. The molecule has 0 spiro atoms. The number of anilines is 2. The topological polar surface area (TPSA) is 36.0 Å². The van der Waals surface area contributed by atoms with E-state index < -0.39 is 0 Å². The standard InChI is InChI=1S/C19H29N3O2/c1-20(2)16-8-11-21(12-9-16)18-7-6-17(13-15(18)14-24-3)22-10-4-5-19(22)23/h6-7,13,16H,4-5,8-12,14H2,1-3H3. The van der Waals surface area contributed by atoms with Crippen LogP contribution in [0.25, 0.3) is 0 Å². The minimum atomic E-state index is 0.234. The van der Waals surface area contributed by atoms with Crippen molar-refractivity contribution in [2.75, 3.05) is 50.6 Å². The average molecular weight is 331 g/mol. The number of carbonyl (C=O) groups is 1. The summed E-state index contributed by atoms with van der Waals surface area (Å²) in [4.78, 5) is 18.7. The Morgan fingerprint density at radius 3 is 2.54 bits per heavy atom. The summed E-state index contributed by atoms with van der Waals surface area (Å²) in [6.07, 6.45) is 4.00. The molecule has 24 heavy (non-hydrogen) atoms. The maximum absolute atomic E-state index is 12.0. The number of piperidine rings is 1. The van der Waals surface area contributed by atoms with Gasteiger partial charge >= 0.3 is 0 Å². The van der Waals surface area contributed by atoms with Gasteiger partial charge in [-0.15, -0.1) is 0 Å². The predicted octanol–water partition coefficient (Wildman–Crippen LogP) is 2.49. The monoisotopic (exact) mass is 331 g/mol. The molecule has 2 heterocycles. The van der Waals surface area contributed by atoms with Crippen molar-refractivity contribution in [2.24, 2.45) is 0 Å². The van der Waals surface area contributed by atoms with E-state index >= 15 is 0 Å². The molecule has 2 fully saturated rings. The maximum Gasteiger partial charge on any atom is 0.227 e. The summed E-state index contributed by atoms with van der Waals surface area (Å²) >= 11 is 0. The van der Waals surface area contributed by atoms with E-state index in [0.717, 1.165) is 31.7 Å². The van der Waals surface area contributed by atoms with Gasteiger partial charge in [0.2, 0.25) is 5.91 Å². The second-order valence-electron chi connectivity index (χ2n) is 7.08. The number of hydrogen-bond donors (Lipinski definition) is 0. The third kappa shape index (κ3) is 3.57. The van der Waals surface area contributed by atoms with Crippen molar-refractivity contribution in [2.45, 2.75) is 38.3 Å². The molecule has 1 aromatic rings. The first-order valence-electron chi connectivity index (χ1n) is 8.93. The van der Waals surface area contributed by atoms with Crippen LogP contribution in [0.4, 0.5) is 11.4 Å². The summed E-state index contributed by atoms with van der Waals surface area (Å²) in [5.41, 5.74) is 3.44. The minimum Gasteiger partial charge on any atom is -0.380 e. The van der Waals surface area contributed by atoms with Crippen molar-refractivity contribution < 1.29 is 9.53 Å². The van der Waals surface area contributed by atoms with Gasteiger partial charge in [-0.3, -0.25) is 4.79 Å².